The Morgan fingerprint density at radius 3 is 2.13 bits per heavy atom. The van der Waals surface area contributed by atoms with Gasteiger partial charge in [-0.3, -0.25) is 0 Å². The molecule has 0 amide bonds. The topological polar surface area (TPSA) is 0 Å². The lowest BCUT2D eigenvalue weighted by molar-refractivity contribution is 0.636. The molecular weight excluding hydrogens is 379 g/mol. The van der Waals surface area contributed by atoms with E-state index < -0.39 is 0 Å². The monoisotopic (exact) mass is 406 g/mol. The highest BCUT2D eigenvalue weighted by Gasteiger charge is 2.07. The molecule has 0 N–H and O–H groups in total. The van der Waals surface area contributed by atoms with E-state index >= 15 is 4.39 Å². The number of fused-ring (bicyclic) bond motifs is 1. The van der Waals surface area contributed by atoms with Crippen molar-refractivity contribution in [3.05, 3.63) is 107 Å². The summed E-state index contributed by atoms with van der Waals surface area (Å²) >= 11 is 0. The molecule has 0 saturated heterocycles. The van der Waals surface area contributed by atoms with Crippen molar-refractivity contribution in [2.75, 3.05) is 0 Å². The van der Waals surface area contributed by atoms with Crippen LogP contribution in [-0.4, -0.2) is 0 Å². The Balaban J connectivity index is 1.59. The Kier molecular flexibility index (Phi) is 6.48. The Bertz CT molecular complexity index is 1240. The standard InChI is InChI=1S/C30H27F/c1-3-5-6-23-7-9-24(10-8-23)13-16-26-17-18-28-21-27(19-20-29(28)30(26)31)25-14-11-22(4-2)12-15-25/h7-12,14-15,17-21H,3-6H2,1-2H3. The molecule has 0 nitrogen and oxygen atoms in total. The summed E-state index contributed by atoms with van der Waals surface area (Å²) in [5, 5.41) is 1.50. The van der Waals surface area contributed by atoms with Crippen LogP contribution in [0.2, 0.25) is 0 Å². The lowest BCUT2D eigenvalue weighted by atomic mass is 9.98. The number of unbranched alkanes of at least 4 members (excludes halogenated alkanes) is 1. The fraction of sp³-hybridized carbons (Fsp3) is 0.200. The van der Waals surface area contributed by atoms with Gasteiger partial charge in [0.15, 0.2) is 0 Å². The highest BCUT2D eigenvalue weighted by molar-refractivity contribution is 5.89. The van der Waals surface area contributed by atoms with E-state index in [2.05, 4.69) is 62.1 Å². The SMILES string of the molecule is CCCCc1ccc(C#Cc2ccc3cc(-c4ccc(CC)cc4)ccc3c2F)cc1. The predicted octanol–water partition coefficient (Wildman–Crippen LogP) is 7.95. The van der Waals surface area contributed by atoms with Gasteiger partial charge in [-0.25, -0.2) is 4.39 Å². The van der Waals surface area contributed by atoms with E-state index in [1.807, 2.05) is 36.4 Å². The lowest BCUT2D eigenvalue weighted by Crippen LogP contribution is -1.88. The number of rotatable bonds is 5. The van der Waals surface area contributed by atoms with Crippen LogP contribution in [0, 0.1) is 17.7 Å². The molecule has 0 heterocycles. The van der Waals surface area contributed by atoms with Crippen LogP contribution in [-0.2, 0) is 12.8 Å². The van der Waals surface area contributed by atoms with Gasteiger partial charge in [-0.2, -0.15) is 0 Å². The second-order valence-corrected chi connectivity index (χ2v) is 7.96. The molecule has 4 aromatic rings. The largest absolute Gasteiger partial charge is 0.205 e. The molecule has 154 valence electrons. The molecule has 0 saturated carbocycles. The highest BCUT2D eigenvalue weighted by atomic mass is 19.1. The summed E-state index contributed by atoms with van der Waals surface area (Å²) in [5.74, 6) is 5.87. The lowest BCUT2D eigenvalue weighted by Gasteiger charge is -2.07. The van der Waals surface area contributed by atoms with Crippen LogP contribution in [0.1, 0.15) is 48.9 Å². The van der Waals surface area contributed by atoms with Gasteiger partial charge in [-0.15, -0.1) is 0 Å². The zero-order valence-corrected chi connectivity index (χ0v) is 18.2. The minimum absolute atomic E-state index is 0.252. The quantitative estimate of drug-likeness (QED) is 0.295. The minimum Gasteiger partial charge on any atom is -0.205 e. The zero-order valence-electron chi connectivity index (χ0n) is 18.2. The maximum atomic E-state index is 15.1. The summed E-state index contributed by atoms with van der Waals surface area (Å²) in [7, 11) is 0. The molecule has 4 rings (SSSR count). The van der Waals surface area contributed by atoms with Crippen molar-refractivity contribution < 1.29 is 4.39 Å². The molecule has 0 unspecified atom stereocenters. The van der Waals surface area contributed by atoms with E-state index in [9.17, 15) is 0 Å². The fourth-order valence-electron chi connectivity index (χ4n) is 3.78. The molecule has 0 aliphatic carbocycles. The first-order valence-corrected chi connectivity index (χ1v) is 11.1. The van der Waals surface area contributed by atoms with Crippen LogP contribution < -0.4 is 0 Å². The second kappa shape index (κ2) is 9.63. The van der Waals surface area contributed by atoms with E-state index in [0.717, 1.165) is 34.9 Å². The van der Waals surface area contributed by atoms with Crippen LogP contribution in [0.15, 0.2) is 78.9 Å². The van der Waals surface area contributed by atoms with Gasteiger partial charge in [0.1, 0.15) is 5.82 Å². The van der Waals surface area contributed by atoms with E-state index in [1.165, 1.54) is 24.0 Å². The van der Waals surface area contributed by atoms with Gasteiger partial charge in [0.05, 0.1) is 5.56 Å². The number of halogens is 1. The molecule has 1 heteroatoms. The summed E-state index contributed by atoms with van der Waals surface area (Å²) in [6.07, 6.45) is 4.50. The van der Waals surface area contributed by atoms with Crippen molar-refractivity contribution in [1.29, 1.82) is 0 Å². The third kappa shape index (κ3) is 4.86. The first kappa shape index (κ1) is 20.9. The van der Waals surface area contributed by atoms with E-state index in [1.54, 1.807) is 6.07 Å². The molecule has 31 heavy (non-hydrogen) atoms. The highest BCUT2D eigenvalue weighted by Crippen LogP contribution is 2.27. The van der Waals surface area contributed by atoms with Crippen LogP contribution in [0.3, 0.4) is 0 Å². The van der Waals surface area contributed by atoms with Crippen LogP contribution >= 0.6 is 0 Å². The third-order valence-corrected chi connectivity index (χ3v) is 5.76. The van der Waals surface area contributed by atoms with Crippen molar-refractivity contribution in [2.24, 2.45) is 0 Å². The molecule has 0 radical (unpaired) electrons. The third-order valence-electron chi connectivity index (χ3n) is 5.76. The van der Waals surface area contributed by atoms with Gasteiger partial charge in [-0.1, -0.05) is 86.7 Å². The molecule has 0 bridgehead atoms. The van der Waals surface area contributed by atoms with Crippen molar-refractivity contribution in [1.82, 2.24) is 0 Å². The number of hydrogen-bond acceptors (Lipinski definition) is 0. The molecule has 0 fully saturated rings. The van der Waals surface area contributed by atoms with Crippen molar-refractivity contribution in [3.8, 4) is 23.0 Å². The smallest absolute Gasteiger partial charge is 0.146 e. The molecule has 0 aliphatic heterocycles. The predicted molar refractivity (Wildman–Crippen MR) is 130 cm³/mol. The Labute approximate surface area is 184 Å². The van der Waals surface area contributed by atoms with Gasteiger partial charge >= 0.3 is 0 Å². The van der Waals surface area contributed by atoms with Gasteiger partial charge in [0, 0.05) is 10.9 Å². The summed E-state index contributed by atoms with van der Waals surface area (Å²) in [5.41, 5.74) is 6.22. The molecule has 0 atom stereocenters. The van der Waals surface area contributed by atoms with E-state index in [-0.39, 0.29) is 5.82 Å². The summed E-state index contributed by atoms with van der Waals surface area (Å²) in [4.78, 5) is 0. The number of hydrogen-bond donors (Lipinski definition) is 0. The average molecular weight is 407 g/mol. The van der Waals surface area contributed by atoms with Crippen molar-refractivity contribution in [2.45, 2.75) is 39.5 Å². The molecule has 0 aromatic heterocycles. The van der Waals surface area contributed by atoms with Gasteiger partial charge in [0.2, 0.25) is 0 Å². The van der Waals surface area contributed by atoms with E-state index in [0.29, 0.717) is 10.9 Å². The first-order chi connectivity index (χ1) is 15.2. The van der Waals surface area contributed by atoms with Crippen molar-refractivity contribution in [3.63, 3.8) is 0 Å². The molecular formula is C30H27F. The average Bonchev–Trinajstić information content (AvgIpc) is 2.83. The fourth-order valence-corrected chi connectivity index (χ4v) is 3.78. The minimum atomic E-state index is -0.252. The van der Waals surface area contributed by atoms with Gasteiger partial charge < -0.3 is 0 Å². The van der Waals surface area contributed by atoms with Crippen LogP contribution in [0.25, 0.3) is 21.9 Å². The zero-order chi connectivity index (χ0) is 21.6. The Morgan fingerprint density at radius 2 is 1.42 bits per heavy atom. The first-order valence-electron chi connectivity index (χ1n) is 11.1. The molecule has 4 aromatic carbocycles. The Hall–Kier alpha value is -3.37. The summed E-state index contributed by atoms with van der Waals surface area (Å²) < 4.78 is 15.1. The maximum absolute atomic E-state index is 15.1. The van der Waals surface area contributed by atoms with E-state index in [4.69, 9.17) is 0 Å². The van der Waals surface area contributed by atoms with Crippen LogP contribution in [0.4, 0.5) is 4.39 Å². The maximum Gasteiger partial charge on any atom is 0.146 e. The molecule has 0 aliphatic rings. The van der Waals surface area contributed by atoms with Crippen LogP contribution in [0.5, 0.6) is 0 Å². The number of benzene rings is 4. The summed E-state index contributed by atoms with van der Waals surface area (Å²) in [6.45, 7) is 4.35. The second-order valence-electron chi connectivity index (χ2n) is 7.96. The Morgan fingerprint density at radius 1 is 0.710 bits per heavy atom. The normalized spacial score (nSPS) is 10.7. The van der Waals surface area contributed by atoms with Gasteiger partial charge in [0.25, 0.3) is 0 Å². The molecule has 0 spiro atoms. The number of aryl methyl sites for hydroxylation is 2. The van der Waals surface area contributed by atoms with Crippen molar-refractivity contribution >= 4 is 10.8 Å². The summed E-state index contributed by atoms with van der Waals surface area (Å²) in [6, 6.07) is 26.5. The van der Waals surface area contributed by atoms with Gasteiger partial charge in [-0.05, 0) is 71.2 Å².